The van der Waals surface area contributed by atoms with Gasteiger partial charge in [-0.1, -0.05) is 24.3 Å². The van der Waals surface area contributed by atoms with Crippen LogP contribution in [0.15, 0.2) is 54.6 Å². The maximum Gasteiger partial charge on any atom is 0.212 e. The number of likely N-dealkylation sites (N-methyl/N-ethyl adjacent to an activating group) is 1. The van der Waals surface area contributed by atoms with E-state index in [9.17, 15) is 10.3 Å². The zero-order valence-electron chi connectivity index (χ0n) is 24.9. The van der Waals surface area contributed by atoms with Crippen LogP contribution in [0.1, 0.15) is 45.5 Å². The zero-order valence-corrected chi connectivity index (χ0v) is 24.9. The Hall–Kier alpha value is -4.44. The van der Waals surface area contributed by atoms with E-state index < -0.39 is 10.7 Å². The molecule has 9 heteroatoms. The minimum absolute atomic E-state index is 0.0131. The highest BCUT2D eigenvalue weighted by atomic mass is 16.6. The van der Waals surface area contributed by atoms with Gasteiger partial charge in [0, 0.05) is 30.0 Å². The van der Waals surface area contributed by atoms with E-state index in [1.54, 1.807) is 27.3 Å². The van der Waals surface area contributed by atoms with E-state index in [0.717, 1.165) is 46.3 Å². The first-order chi connectivity index (χ1) is 21.3. The summed E-state index contributed by atoms with van der Waals surface area (Å²) < 4.78 is 31.0. The maximum absolute atomic E-state index is 14.3. The fourth-order valence-corrected chi connectivity index (χ4v) is 7.27. The van der Waals surface area contributed by atoms with Crippen molar-refractivity contribution in [2.24, 2.45) is 0 Å². The lowest BCUT2D eigenvalue weighted by molar-refractivity contribution is -0.894. The number of phenols is 1. The van der Waals surface area contributed by atoms with Crippen LogP contribution >= 0.6 is 0 Å². The number of hydrogen-bond acceptors (Lipinski definition) is 8. The van der Waals surface area contributed by atoms with E-state index in [4.69, 9.17) is 23.7 Å². The van der Waals surface area contributed by atoms with Crippen molar-refractivity contribution in [3.05, 3.63) is 93.2 Å². The number of benzene rings is 4. The van der Waals surface area contributed by atoms with Gasteiger partial charge in [0.25, 0.3) is 0 Å². The molecule has 9 nitrogen and oxygen atoms in total. The van der Waals surface area contributed by atoms with Crippen molar-refractivity contribution in [1.82, 2.24) is 5.32 Å². The molecular weight excluding hydrogens is 560 g/mol. The summed E-state index contributed by atoms with van der Waals surface area (Å²) in [4.78, 5) is 0. The largest absolute Gasteiger partial charge is 0.633 e. The Bertz CT molecular complexity index is 1800. The summed E-state index contributed by atoms with van der Waals surface area (Å²) in [5, 5.41) is 29.3. The summed E-state index contributed by atoms with van der Waals surface area (Å²) in [7, 11) is 4.93. The molecule has 0 aromatic heterocycles. The molecule has 4 aromatic carbocycles. The Labute approximate surface area is 255 Å². The summed E-state index contributed by atoms with van der Waals surface area (Å²) in [6, 6.07) is 16.9. The Morgan fingerprint density at radius 3 is 2.34 bits per heavy atom. The molecule has 44 heavy (non-hydrogen) atoms. The second-order valence-electron chi connectivity index (χ2n) is 12.2. The van der Waals surface area contributed by atoms with Gasteiger partial charge < -0.3 is 44.0 Å². The van der Waals surface area contributed by atoms with Crippen LogP contribution in [-0.2, 0) is 25.7 Å². The molecule has 0 radical (unpaired) electrons. The number of quaternary nitrogens is 1. The molecular formula is C35H34N2O7. The van der Waals surface area contributed by atoms with Gasteiger partial charge >= 0.3 is 0 Å². The minimum atomic E-state index is -0.565. The number of hydrogen-bond donors (Lipinski definition) is 2. The van der Waals surface area contributed by atoms with Crippen LogP contribution in [-0.4, -0.2) is 44.1 Å². The monoisotopic (exact) mass is 594 g/mol. The first kappa shape index (κ1) is 27.1. The van der Waals surface area contributed by atoms with Crippen molar-refractivity contribution < 1.29 is 33.4 Å². The third kappa shape index (κ3) is 4.18. The lowest BCUT2D eigenvalue weighted by Crippen LogP contribution is -2.47. The van der Waals surface area contributed by atoms with E-state index in [1.165, 1.54) is 0 Å². The molecule has 2 N–H and O–H groups in total. The molecule has 3 unspecified atom stereocenters. The highest BCUT2D eigenvalue weighted by Crippen LogP contribution is 2.60. The normalized spacial score (nSPS) is 22.6. The highest BCUT2D eigenvalue weighted by molar-refractivity contribution is 5.71. The van der Waals surface area contributed by atoms with E-state index in [-0.39, 0.29) is 17.5 Å². The highest BCUT2D eigenvalue weighted by Gasteiger charge is 2.43. The van der Waals surface area contributed by atoms with Crippen molar-refractivity contribution in [3.8, 4) is 51.7 Å². The molecule has 0 aliphatic carbocycles. The molecule has 0 fully saturated rings. The number of fused-ring (bicyclic) bond motifs is 1. The summed E-state index contributed by atoms with van der Waals surface area (Å²) in [5.74, 6) is 3.95. The Morgan fingerprint density at radius 1 is 0.795 bits per heavy atom. The molecule has 0 saturated carbocycles. The SMILES string of the molecule is COc1cccc2c1Oc1ccc(cc1)CC1NCCc3cc(O)c4c(c31)Oc1c(OC)cc3c(c1O4)C(C2)[N+](C)([O-])CC3. The summed E-state index contributed by atoms with van der Waals surface area (Å²) in [5.41, 5.74) is 5.63. The number of aromatic hydroxyl groups is 1. The average Bonchev–Trinajstić information content (AvgIpc) is 3.02. The first-order valence-electron chi connectivity index (χ1n) is 15.0. The second kappa shape index (κ2) is 10.1. The quantitative estimate of drug-likeness (QED) is 0.174. The molecule has 226 valence electrons. The fraction of sp³-hybridized carbons (Fsp3) is 0.314. The van der Waals surface area contributed by atoms with Crippen LogP contribution in [0.4, 0.5) is 0 Å². The summed E-state index contributed by atoms with van der Waals surface area (Å²) in [6.45, 7) is 1.15. The predicted molar refractivity (Wildman–Crippen MR) is 163 cm³/mol. The molecule has 3 atom stereocenters. The number of phenolic OH excluding ortho intramolecular Hbond substituents is 1. The van der Waals surface area contributed by atoms with Crippen molar-refractivity contribution >= 4 is 0 Å². The number of para-hydroxylation sites is 1. The predicted octanol–water partition coefficient (Wildman–Crippen LogP) is 6.63. The third-order valence-electron chi connectivity index (χ3n) is 9.52. The molecule has 0 saturated heterocycles. The fourth-order valence-electron chi connectivity index (χ4n) is 7.27. The van der Waals surface area contributed by atoms with Crippen LogP contribution in [0.5, 0.6) is 51.7 Å². The van der Waals surface area contributed by atoms with Crippen molar-refractivity contribution in [2.75, 3.05) is 34.4 Å². The van der Waals surface area contributed by atoms with Gasteiger partial charge in [0.05, 0.1) is 33.4 Å². The van der Waals surface area contributed by atoms with E-state index in [2.05, 4.69) is 17.4 Å². The zero-order chi connectivity index (χ0) is 30.2. The van der Waals surface area contributed by atoms with Gasteiger partial charge in [-0.05, 0) is 66.4 Å². The Morgan fingerprint density at radius 2 is 1.55 bits per heavy atom. The van der Waals surface area contributed by atoms with Gasteiger partial charge in [-0.2, -0.15) is 0 Å². The van der Waals surface area contributed by atoms with Crippen molar-refractivity contribution in [2.45, 2.75) is 37.8 Å². The van der Waals surface area contributed by atoms with Gasteiger partial charge in [-0.15, -0.1) is 0 Å². The number of methoxy groups -OCH3 is 2. The van der Waals surface area contributed by atoms with Crippen LogP contribution in [0, 0.1) is 5.21 Å². The van der Waals surface area contributed by atoms with Crippen molar-refractivity contribution in [3.63, 3.8) is 0 Å². The number of nitrogens with zero attached hydrogens (tertiary/aromatic N) is 1. The van der Waals surface area contributed by atoms with Crippen LogP contribution < -0.4 is 29.0 Å². The molecule has 0 amide bonds. The number of ether oxygens (including phenoxy) is 5. The van der Waals surface area contributed by atoms with Crippen LogP contribution in [0.25, 0.3) is 0 Å². The van der Waals surface area contributed by atoms with Gasteiger partial charge in [0.15, 0.2) is 34.5 Å². The second-order valence-corrected chi connectivity index (χ2v) is 12.2. The van der Waals surface area contributed by atoms with E-state index >= 15 is 0 Å². The minimum Gasteiger partial charge on any atom is -0.633 e. The molecule has 6 aliphatic heterocycles. The molecule has 10 rings (SSSR count). The van der Waals surface area contributed by atoms with Gasteiger partial charge in [0.2, 0.25) is 11.5 Å². The van der Waals surface area contributed by atoms with Gasteiger partial charge in [0.1, 0.15) is 11.8 Å². The average molecular weight is 595 g/mol. The number of nitrogens with one attached hydrogen (secondary N) is 1. The first-order valence-corrected chi connectivity index (χ1v) is 15.0. The lowest BCUT2D eigenvalue weighted by atomic mass is 9.86. The molecule has 0 spiro atoms. The Balaban J connectivity index is 1.41. The van der Waals surface area contributed by atoms with E-state index in [0.29, 0.717) is 66.1 Å². The molecule has 6 heterocycles. The maximum atomic E-state index is 14.3. The Kier molecular flexibility index (Phi) is 6.20. The van der Waals surface area contributed by atoms with Gasteiger partial charge in [-0.25, -0.2) is 0 Å². The third-order valence-corrected chi connectivity index (χ3v) is 9.52. The smallest absolute Gasteiger partial charge is 0.212 e. The van der Waals surface area contributed by atoms with Crippen LogP contribution in [0.3, 0.4) is 0 Å². The number of rotatable bonds is 2. The van der Waals surface area contributed by atoms with Crippen LogP contribution in [0.2, 0.25) is 0 Å². The summed E-state index contributed by atoms with van der Waals surface area (Å²) in [6.07, 6.45) is 2.33. The standard InChI is InChI=1S/C35H34N2O7/c1-37(39)14-12-21-18-28(41-3)33-35-30(21)25(37)16-22-5-4-6-27(40-2)31(22)42-23-9-7-19(8-10-23)15-24-29-20(11-13-36-24)17-26(38)32(43-35)34(29)44-33/h4-10,17-18,24-25,36,38H,11-16H2,1-3H3. The lowest BCUT2D eigenvalue weighted by Gasteiger charge is -2.50. The van der Waals surface area contributed by atoms with E-state index in [1.807, 2.05) is 36.4 Å². The molecule has 4 aromatic rings. The van der Waals surface area contributed by atoms with Gasteiger partial charge in [-0.3, -0.25) is 0 Å². The molecule has 8 bridgehead atoms. The summed E-state index contributed by atoms with van der Waals surface area (Å²) >= 11 is 0. The number of hydroxylamine groups is 3. The topological polar surface area (TPSA) is 101 Å². The van der Waals surface area contributed by atoms with Crippen molar-refractivity contribution in [1.29, 1.82) is 0 Å². The molecule has 6 aliphatic rings.